The summed E-state index contributed by atoms with van der Waals surface area (Å²) in [6.07, 6.45) is 0. The SMILES string of the molecule is COCCN(CCBr)Cc1ccc(C)c(C)c1. The van der Waals surface area contributed by atoms with Crippen LogP contribution in [0.25, 0.3) is 0 Å². The number of aryl methyl sites for hydroxylation is 2. The van der Waals surface area contributed by atoms with Crippen molar-refractivity contribution < 1.29 is 4.74 Å². The van der Waals surface area contributed by atoms with Gasteiger partial charge in [0.25, 0.3) is 0 Å². The van der Waals surface area contributed by atoms with E-state index in [-0.39, 0.29) is 0 Å². The van der Waals surface area contributed by atoms with Crippen LogP contribution in [0.2, 0.25) is 0 Å². The van der Waals surface area contributed by atoms with Crippen LogP contribution in [0, 0.1) is 13.8 Å². The number of ether oxygens (including phenoxy) is 1. The fraction of sp³-hybridized carbons (Fsp3) is 0.571. The molecule has 0 saturated carbocycles. The highest BCUT2D eigenvalue weighted by molar-refractivity contribution is 9.09. The zero-order valence-electron chi connectivity index (χ0n) is 11.0. The lowest BCUT2D eigenvalue weighted by atomic mass is 10.1. The van der Waals surface area contributed by atoms with Gasteiger partial charge in [-0.3, -0.25) is 4.90 Å². The van der Waals surface area contributed by atoms with Crippen LogP contribution in [0.4, 0.5) is 0 Å². The third-order valence-electron chi connectivity index (χ3n) is 2.99. The Kier molecular flexibility index (Phi) is 6.78. The van der Waals surface area contributed by atoms with Crippen molar-refractivity contribution in [2.75, 3.05) is 32.1 Å². The average molecular weight is 300 g/mol. The average Bonchev–Trinajstić information content (AvgIpc) is 2.31. The van der Waals surface area contributed by atoms with Crippen molar-refractivity contribution in [1.82, 2.24) is 4.90 Å². The van der Waals surface area contributed by atoms with Crippen molar-refractivity contribution in [2.24, 2.45) is 0 Å². The van der Waals surface area contributed by atoms with E-state index in [0.717, 1.165) is 31.6 Å². The summed E-state index contributed by atoms with van der Waals surface area (Å²) in [7, 11) is 1.75. The number of benzene rings is 1. The summed E-state index contributed by atoms with van der Waals surface area (Å²) in [5, 5.41) is 1.00. The molecule has 0 heterocycles. The molecule has 0 aromatic heterocycles. The molecule has 0 amide bonds. The van der Waals surface area contributed by atoms with Gasteiger partial charge in [0, 0.05) is 32.1 Å². The molecule has 0 fully saturated rings. The van der Waals surface area contributed by atoms with Crippen LogP contribution < -0.4 is 0 Å². The highest BCUT2D eigenvalue weighted by Gasteiger charge is 2.05. The second-order valence-electron chi connectivity index (χ2n) is 4.38. The lowest BCUT2D eigenvalue weighted by molar-refractivity contribution is 0.148. The molecule has 0 radical (unpaired) electrons. The first kappa shape index (κ1) is 14.7. The van der Waals surface area contributed by atoms with Gasteiger partial charge >= 0.3 is 0 Å². The van der Waals surface area contributed by atoms with Crippen LogP contribution in [-0.2, 0) is 11.3 Å². The molecule has 0 N–H and O–H groups in total. The minimum atomic E-state index is 0.790. The molecule has 0 aliphatic heterocycles. The summed E-state index contributed by atoms with van der Waals surface area (Å²) in [6.45, 7) is 8.14. The molecule has 0 bridgehead atoms. The van der Waals surface area contributed by atoms with Gasteiger partial charge < -0.3 is 4.74 Å². The quantitative estimate of drug-likeness (QED) is 0.717. The zero-order valence-corrected chi connectivity index (χ0v) is 12.6. The van der Waals surface area contributed by atoms with Gasteiger partial charge in [0.2, 0.25) is 0 Å². The van der Waals surface area contributed by atoms with Crippen LogP contribution in [0.1, 0.15) is 16.7 Å². The standard InChI is InChI=1S/C14H22BrNO/c1-12-4-5-14(10-13(12)2)11-16(7-6-15)8-9-17-3/h4-5,10H,6-9,11H2,1-3H3. The van der Waals surface area contributed by atoms with Gasteiger partial charge in [-0.1, -0.05) is 34.1 Å². The molecule has 0 unspecified atom stereocenters. The summed E-state index contributed by atoms with van der Waals surface area (Å²) in [5.74, 6) is 0. The Bertz CT molecular complexity index is 341. The van der Waals surface area contributed by atoms with E-state index in [4.69, 9.17) is 4.74 Å². The van der Waals surface area contributed by atoms with E-state index in [2.05, 4.69) is 52.9 Å². The number of hydrogen-bond donors (Lipinski definition) is 0. The molecule has 1 aromatic carbocycles. The second-order valence-corrected chi connectivity index (χ2v) is 5.17. The van der Waals surface area contributed by atoms with Crippen LogP contribution >= 0.6 is 15.9 Å². The Morgan fingerprint density at radius 3 is 2.53 bits per heavy atom. The van der Waals surface area contributed by atoms with E-state index in [9.17, 15) is 0 Å². The largest absolute Gasteiger partial charge is 0.383 e. The lowest BCUT2D eigenvalue weighted by Gasteiger charge is -2.21. The number of halogens is 1. The third kappa shape index (κ3) is 5.19. The monoisotopic (exact) mass is 299 g/mol. The summed E-state index contributed by atoms with van der Waals surface area (Å²) in [4.78, 5) is 2.41. The highest BCUT2D eigenvalue weighted by atomic mass is 79.9. The topological polar surface area (TPSA) is 12.5 Å². The van der Waals surface area contributed by atoms with Crippen LogP contribution in [0.5, 0.6) is 0 Å². The molecule has 0 aliphatic rings. The van der Waals surface area contributed by atoms with Gasteiger partial charge in [0.1, 0.15) is 0 Å². The zero-order chi connectivity index (χ0) is 12.7. The fourth-order valence-electron chi connectivity index (χ4n) is 1.77. The lowest BCUT2D eigenvalue weighted by Crippen LogP contribution is -2.28. The summed E-state index contributed by atoms with van der Waals surface area (Å²) >= 11 is 3.50. The molecule has 1 rings (SSSR count). The van der Waals surface area contributed by atoms with Crippen molar-refractivity contribution in [2.45, 2.75) is 20.4 Å². The molecule has 0 aliphatic carbocycles. The maximum absolute atomic E-state index is 5.14. The van der Waals surface area contributed by atoms with Gasteiger partial charge in [-0.05, 0) is 30.5 Å². The van der Waals surface area contributed by atoms with Crippen molar-refractivity contribution in [3.05, 3.63) is 34.9 Å². The van der Waals surface area contributed by atoms with E-state index >= 15 is 0 Å². The summed E-state index contributed by atoms with van der Waals surface area (Å²) < 4.78 is 5.14. The van der Waals surface area contributed by atoms with Crippen LogP contribution in [0.3, 0.4) is 0 Å². The van der Waals surface area contributed by atoms with E-state index in [0.29, 0.717) is 0 Å². The fourth-order valence-corrected chi connectivity index (χ4v) is 2.27. The van der Waals surface area contributed by atoms with Gasteiger partial charge in [-0.15, -0.1) is 0 Å². The Morgan fingerprint density at radius 2 is 1.94 bits per heavy atom. The Labute approximate surface area is 113 Å². The van der Waals surface area contributed by atoms with Crippen LogP contribution in [-0.4, -0.2) is 37.0 Å². The van der Waals surface area contributed by atoms with Gasteiger partial charge in [-0.2, -0.15) is 0 Å². The first-order valence-electron chi connectivity index (χ1n) is 6.00. The molecule has 0 spiro atoms. The number of alkyl halides is 1. The van der Waals surface area contributed by atoms with Gasteiger partial charge in [0.15, 0.2) is 0 Å². The van der Waals surface area contributed by atoms with Crippen molar-refractivity contribution in [3.8, 4) is 0 Å². The predicted octanol–water partition coefficient (Wildman–Crippen LogP) is 3.15. The minimum absolute atomic E-state index is 0.790. The molecule has 96 valence electrons. The first-order chi connectivity index (χ1) is 8.17. The molecular weight excluding hydrogens is 278 g/mol. The molecule has 0 saturated heterocycles. The maximum Gasteiger partial charge on any atom is 0.0589 e. The predicted molar refractivity (Wildman–Crippen MR) is 76.9 cm³/mol. The van der Waals surface area contributed by atoms with Crippen molar-refractivity contribution in [3.63, 3.8) is 0 Å². The van der Waals surface area contributed by atoms with Crippen LogP contribution in [0.15, 0.2) is 18.2 Å². The van der Waals surface area contributed by atoms with Gasteiger partial charge in [0.05, 0.1) is 6.61 Å². The molecule has 3 heteroatoms. The Morgan fingerprint density at radius 1 is 1.18 bits per heavy atom. The Hall–Kier alpha value is -0.380. The van der Waals surface area contributed by atoms with E-state index < -0.39 is 0 Å². The highest BCUT2D eigenvalue weighted by Crippen LogP contribution is 2.12. The smallest absolute Gasteiger partial charge is 0.0589 e. The molecule has 0 atom stereocenters. The second kappa shape index (κ2) is 7.85. The Balaban J connectivity index is 2.61. The van der Waals surface area contributed by atoms with E-state index in [1.54, 1.807) is 7.11 Å². The molecule has 1 aromatic rings. The first-order valence-corrected chi connectivity index (χ1v) is 7.13. The molecule has 17 heavy (non-hydrogen) atoms. The maximum atomic E-state index is 5.14. The van der Waals surface area contributed by atoms with Crippen molar-refractivity contribution in [1.29, 1.82) is 0 Å². The van der Waals surface area contributed by atoms with Gasteiger partial charge in [-0.25, -0.2) is 0 Å². The summed E-state index contributed by atoms with van der Waals surface area (Å²) in [5.41, 5.74) is 4.11. The number of hydrogen-bond acceptors (Lipinski definition) is 2. The van der Waals surface area contributed by atoms with E-state index in [1.807, 2.05) is 0 Å². The van der Waals surface area contributed by atoms with Crippen molar-refractivity contribution >= 4 is 15.9 Å². The normalized spacial score (nSPS) is 11.1. The number of nitrogens with zero attached hydrogens (tertiary/aromatic N) is 1. The van der Waals surface area contributed by atoms with E-state index in [1.165, 1.54) is 16.7 Å². The summed E-state index contributed by atoms with van der Waals surface area (Å²) in [6, 6.07) is 6.70. The minimum Gasteiger partial charge on any atom is -0.383 e. The third-order valence-corrected chi connectivity index (χ3v) is 3.34. The molecule has 2 nitrogen and oxygen atoms in total. The number of rotatable bonds is 7. The molecular formula is C14H22BrNO. The number of methoxy groups -OCH3 is 1.